The Balaban J connectivity index is 1.57. The van der Waals surface area contributed by atoms with Crippen molar-refractivity contribution in [2.24, 2.45) is 5.92 Å². The minimum absolute atomic E-state index is 0.0208. The number of aromatic nitrogens is 3. The molecule has 1 N–H and O–H groups in total. The normalized spacial score (nSPS) is 23.0. The van der Waals surface area contributed by atoms with E-state index < -0.39 is 0 Å². The maximum atomic E-state index is 13.0. The molecule has 1 aromatic carbocycles. The lowest BCUT2D eigenvalue weighted by molar-refractivity contribution is -0.123. The van der Waals surface area contributed by atoms with Crippen molar-refractivity contribution in [2.45, 2.75) is 18.9 Å². The van der Waals surface area contributed by atoms with E-state index in [1.165, 1.54) is 23.1 Å². The van der Waals surface area contributed by atoms with Gasteiger partial charge in [-0.3, -0.25) is 9.59 Å². The summed E-state index contributed by atoms with van der Waals surface area (Å²) in [4.78, 5) is 27.6. The van der Waals surface area contributed by atoms with Gasteiger partial charge in [-0.15, -0.1) is 5.10 Å². The molecule has 0 bridgehead atoms. The van der Waals surface area contributed by atoms with Gasteiger partial charge in [0.2, 0.25) is 5.91 Å². The van der Waals surface area contributed by atoms with Crippen molar-refractivity contribution in [3.63, 3.8) is 0 Å². The third-order valence-corrected chi connectivity index (χ3v) is 4.63. The van der Waals surface area contributed by atoms with Crippen LogP contribution in [0, 0.1) is 11.7 Å². The van der Waals surface area contributed by atoms with E-state index in [1.54, 1.807) is 17.0 Å². The number of hydrogen-bond acceptors (Lipinski definition) is 4. The molecule has 0 spiro atoms. The lowest BCUT2D eigenvalue weighted by atomic mass is 9.91. The number of halogens is 1. The fraction of sp³-hybridized carbons (Fsp3) is 0.375. The van der Waals surface area contributed by atoms with E-state index in [1.807, 2.05) is 0 Å². The van der Waals surface area contributed by atoms with Crippen molar-refractivity contribution in [3.05, 3.63) is 42.0 Å². The molecule has 0 aliphatic carbocycles. The molecule has 0 radical (unpaired) electrons. The second-order valence-corrected chi connectivity index (χ2v) is 6.06. The van der Waals surface area contributed by atoms with Gasteiger partial charge in [-0.05, 0) is 37.1 Å². The maximum Gasteiger partial charge on any atom is 0.276 e. The Hall–Kier alpha value is -2.77. The quantitative estimate of drug-likeness (QED) is 0.882. The molecule has 2 saturated heterocycles. The van der Waals surface area contributed by atoms with Gasteiger partial charge < -0.3 is 10.2 Å². The summed E-state index contributed by atoms with van der Waals surface area (Å²) in [6.07, 6.45) is 3.01. The first kappa shape index (κ1) is 14.8. The van der Waals surface area contributed by atoms with Gasteiger partial charge in [0.05, 0.1) is 23.8 Å². The van der Waals surface area contributed by atoms with Crippen LogP contribution in [0.15, 0.2) is 30.5 Å². The predicted molar refractivity (Wildman–Crippen MR) is 81.9 cm³/mol. The highest BCUT2D eigenvalue weighted by molar-refractivity contribution is 5.93. The fourth-order valence-electron chi connectivity index (χ4n) is 3.41. The van der Waals surface area contributed by atoms with Crippen LogP contribution in [0.5, 0.6) is 0 Å². The number of likely N-dealkylation sites (tertiary alicyclic amines) is 1. The van der Waals surface area contributed by atoms with Crippen LogP contribution in [0.4, 0.5) is 4.39 Å². The summed E-state index contributed by atoms with van der Waals surface area (Å²) in [6.45, 7) is 1.10. The summed E-state index contributed by atoms with van der Waals surface area (Å²) in [5.74, 6) is -0.683. The van der Waals surface area contributed by atoms with E-state index in [0.717, 1.165) is 12.8 Å². The van der Waals surface area contributed by atoms with Gasteiger partial charge in [0.25, 0.3) is 5.91 Å². The number of carbonyl (C=O) groups excluding carboxylic acids is 2. The number of amides is 2. The predicted octanol–water partition coefficient (Wildman–Crippen LogP) is 0.757. The van der Waals surface area contributed by atoms with Gasteiger partial charge in [-0.1, -0.05) is 0 Å². The lowest BCUT2D eigenvalue weighted by Crippen LogP contribution is -2.48. The minimum atomic E-state index is -0.347. The molecule has 124 valence electrons. The van der Waals surface area contributed by atoms with Crippen molar-refractivity contribution >= 4 is 11.8 Å². The number of hydrogen-bond donors (Lipinski definition) is 1. The van der Waals surface area contributed by atoms with Crippen molar-refractivity contribution in [1.29, 1.82) is 0 Å². The Morgan fingerprint density at radius 2 is 2.08 bits per heavy atom. The van der Waals surface area contributed by atoms with Crippen molar-refractivity contribution in [2.75, 3.05) is 13.1 Å². The Morgan fingerprint density at radius 1 is 1.29 bits per heavy atom. The molecule has 2 unspecified atom stereocenters. The van der Waals surface area contributed by atoms with Gasteiger partial charge in [-0.2, -0.15) is 9.90 Å². The molecule has 2 fully saturated rings. The molecule has 3 heterocycles. The van der Waals surface area contributed by atoms with Crippen LogP contribution in [0.1, 0.15) is 23.3 Å². The largest absolute Gasteiger partial charge is 0.354 e. The Kier molecular flexibility index (Phi) is 3.51. The highest BCUT2D eigenvalue weighted by atomic mass is 19.1. The second kappa shape index (κ2) is 5.70. The number of fused-ring (bicyclic) bond motifs is 1. The highest BCUT2D eigenvalue weighted by Crippen LogP contribution is 2.28. The molecule has 1 aromatic heterocycles. The number of carbonyl (C=O) groups is 2. The Bertz CT molecular complexity index is 788. The van der Waals surface area contributed by atoms with Gasteiger partial charge in [0, 0.05) is 13.1 Å². The van der Waals surface area contributed by atoms with Crippen LogP contribution in [0.3, 0.4) is 0 Å². The summed E-state index contributed by atoms with van der Waals surface area (Å²) >= 11 is 0. The summed E-state index contributed by atoms with van der Waals surface area (Å²) in [5, 5.41) is 11.1. The number of rotatable bonds is 2. The summed E-state index contributed by atoms with van der Waals surface area (Å²) in [5.41, 5.74) is 0.795. The first-order chi connectivity index (χ1) is 11.6. The average molecular weight is 329 g/mol. The Labute approximate surface area is 137 Å². The van der Waals surface area contributed by atoms with Gasteiger partial charge >= 0.3 is 0 Å². The van der Waals surface area contributed by atoms with Gasteiger partial charge in [0.15, 0.2) is 5.69 Å². The number of nitrogens with zero attached hydrogens (tertiary/aromatic N) is 4. The standard InChI is InChI=1S/C16H16FN5O2/c17-10-3-5-11(6-4-10)22-19-8-13(20-22)16(24)21-7-1-2-12-14(21)9-18-15(12)23/h3-6,8,12,14H,1-2,7,9H2,(H,18,23). The van der Waals surface area contributed by atoms with Crippen LogP contribution < -0.4 is 5.32 Å². The molecule has 2 aliphatic heterocycles. The highest BCUT2D eigenvalue weighted by Gasteiger charge is 2.43. The SMILES string of the molecule is O=C1NCC2C1CCCN2C(=O)c1cnn(-c2ccc(F)cc2)n1. The van der Waals surface area contributed by atoms with Gasteiger partial charge in [0.1, 0.15) is 5.82 Å². The zero-order valence-electron chi connectivity index (χ0n) is 12.9. The fourth-order valence-corrected chi connectivity index (χ4v) is 3.41. The second-order valence-electron chi connectivity index (χ2n) is 6.06. The van der Waals surface area contributed by atoms with Gasteiger partial charge in [-0.25, -0.2) is 4.39 Å². The number of nitrogens with one attached hydrogen (secondary N) is 1. The molecule has 8 heteroatoms. The zero-order chi connectivity index (χ0) is 16.7. The molecule has 2 amide bonds. The van der Waals surface area contributed by atoms with Crippen LogP contribution in [-0.2, 0) is 4.79 Å². The monoisotopic (exact) mass is 329 g/mol. The van der Waals surface area contributed by atoms with E-state index in [2.05, 4.69) is 15.5 Å². The molecule has 2 atom stereocenters. The smallest absolute Gasteiger partial charge is 0.276 e. The van der Waals surface area contributed by atoms with Crippen LogP contribution >= 0.6 is 0 Å². The third kappa shape index (κ3) is 2.44. The number of benzene rings is 1. The topological polar surface area (TPSA) is 80.1 Å². The number of piperidine rings is 1. The zero-order valence-corrected chi connectivity index (χ0v) is 12.9. The summed E-state index contributed by atoms with van der Waals surface area (Å²) < 4.78 is 13.0. The average Bonchev–Trinajstić information content (AvgIpc) is 3.23. The van der Waals surface area contributed by atoms with E-state index in [-0.39, 0.29) is 35.3 Å². The van der Waals surface area contributed by atoms with E-state index in [0.29, 0.717) is 18.8 Å². The van der Waals surface area contributed by atoms with Crippen molar-refractivity contribution in [1.82, 2.24) is 25.2 Å². The third-order valence-electron chi connectivity index (χ3n) is 4.63. The molecule has 2 aromatic rings. The summed E-state index contributed by atoms with van der Waals surface area (Å²) in [7, 11) is 0. The first-order valence-electron chi connectivity index (χ1n) is 7.90. The molecule has 4 rings (SSSR count). The molecule has 2 aliphatic rings. The van der Waals surface area contributed by atoms with Crippen LogP contribution in [0.2, 0.25) is 0 Å². The maximum absolute atomic E-state index is 13.0. The lowest BCUT2D eigenvalue weighted by Gasteiger charge is -2.35. The summed E-state index contributed by atoms with van der Waals surface area (Å²) in [6, 6.07) is 5.59. The van der Waals surface area contributed by atoms with Crippen LogP contribution in [-0.4, -0.2) is 50.8 Å². The molecular weight excluding hydrogens is 313 g/mol. The molecular formula is C16H16FN5O2. The molecule has 24 heavy (non-hydrogen) atoms. The van der Waals surface area contributed by atoms with Crippen molar-refractivity contribution in [3.8, 4) is 5.69 Å². The molecule has 7 nitrogen and oxygen atoms in total. The Morgan fingerprint density at radius 3 is 2.88 bits per heavy atom. The van der Waals surface area contributed by atoms with Crippen molar-refractivity contribution < 1.29 is 14.0 Å². The first-order valence-corrected chi connectivity index (χ1v) is 7.90. The van der Waals surface area contributed by atoms with E-state index in [9.17, 15) is 14.0 Å². The van der Waals surface area contributed by atoms with E-state index in [4.69, 9.17) is 0 Å². The van der Waals surface area contributed by atoms with E-state index >= 15 is 0 Å². The molecule has 0 saturated carbocycles. The minimum Gasteiger partial charge on any atom is -0.354 e. The van der Waals surface area contributed by atoms with Crippen LogP contribution in [0.25, 0.3) is 5.69 Å².